The molecule has 9 heteroatoms. The molecule has 0 radical (unpaired) electrons. The Balaban J connectivity index is 1.34. The fraction of sp³-hybridized carbons (Fsp3) is 0.320. The fourth-order valence-corrected chi connectivity index (χ4v) is 4.31. The minimum atomic E-state index is -0.631. The molecule has 1 fully saturated rings. The van der Waals surface area contributed by atoms with Gasteiger partial charge in [0.25, 0.3) is 0 Å². The Kier molecular flexibility index (Phi) is 7.12. The molecule has 1 aliphatic heterocycles. The number of hydrogen-bond donors (Lipinski definition) is 2. The van der Waals surface area contributed by atoms with Crippen LogP contribution in [0.25, 0.3) is 11.3 Å². The van der Waals surface area contributed by atoms with Crippen molar-refractivity contribution >= 4 is 17.7 Å². The lowest BCUT2D eigenvalue weighted by molar-refractivity contribution is 0.132. The number of nitrogens with one attached hydrogen (secondary N) is 1. The maximum atomic E-state index is 13.1. The number of nitrogens with zero attached hydrogens (tertiary/aromatic N) is 4. The molecule has 3 amide bonds. The summed E-state index contributed by atoms with van der Waals surface area (Å²) in [7, 11) is 3.53. The summed E-state index contributed by atoms with van der Waals surface area (Å²) in [5, 5.41) is 2.55. The van der Waals surface area contributed by atoms with Gasteiger partial charge in [0.2, 0.25) is 0 Å². The third kappa shape index (κ3) is 5.55. The molecule has 2 aromatic carbocycles. The molecule has 1 aliphatic rings. The van der Waals surface area contributed by atoms with Gasteiger partial charge in [0.1, 0.15) is 12.1 Å². The van der Waals surface area contributed by atoms with Gasteiger partial charge >= 0.3 is 12.1 Å². The Labute approximate surface area is 199 Å². The van der Waals surface area contributed by atoms with Crippen LogP contribution in [0, 0.1) is 0 Å². The lowest BCUT2D eigenvalue weighted by Crippen LogP contribution is -2.46. The summed E-state index contributed by atoms with van der Waals surface area (Å²) in [5.74, 6) is 0.869. The smallest absolute Gasteiger partial charge is 0.329 e. The van der Waals surface area contributed by atoms with Crippen LogP contribution in [-0.2, 0) is 6.54 Å². The Morgan fingerprint density at radius 2 is 1.94 bits per heavy atom. The first-order valence-corrected chi connectivity index (χ1v) is 11.3. The summed E-state index contributed by atoms with van der Waals surface area (Å²) in [6.07, 6.45) is 5.06. The normalized spacial score (nSPS) is 14.5. The molecular formula is C25H30N6O3. The molecule has 2 heterocycles. The van der Waals surface area contributed by atoms with E-state index in [1.54, 1.807) is 36.4 Å². The van der Waals surface area contributed by atoms with Crippen LogP contribution in [0.1, 0.15) is 18.4 Å². The molecule has 0 unspecified atom stereocenters. The quantitative estimate of drug-likeness (QED) is 0.582. The number of anilines is 1. The van der Waals surface area contributed by atoms with Gasteiger partial charge in [-0.15, -0.1) is 0 Å². The lowest BCUT2D eigenvalue weighted by atomic mass is 10.0. The molecule has 3 N–H and O–H groups in total. The zero-order valence-electron chi connectivity index (χ0n) is 19.5. The minimum Gasteiger partial charge on any atom is -0.497 e. The highest BCUT2D eigenvalue weighted by Crippen LogP contribution is 2.23. The maximum Gasteiger partial charge on any atom is 0.329 e. The van der Waals surface area contributed by atoms with Gasteiger partial charge in [-0.25, -0.2) is 14.6 Å². The van der Waals surface area contributed by atoms with E-state index in [1.807, 2.05) is 25.2 Å². The first-order chi connectivity index (χ1) is 16.4. The molecule has 178 valence electrons. The van der Waals surface area contributed by atoms with Crippen molar-refractivity contribution in [2.75, 3.05) is 32.6 Å². The monoisotopic (exact) mass is 462 g/mol. The van der Waals surface area contributed by atoms with E-state index < -0.39 is 6.03 Å². The van der Waals surface area contributed by atoms with E-state index >= 15 is 0 Å². The second-order valence-corrected chi connectivity index (χ2v) is 8.49. The maximum absolute atomic E-state index is 13.1. The van der Waals surface area contributed by atoms with Crippen molar-refractivity contribution in [2.45, 2.75) is 25.4 Å². The SMILES string of the molecule is COc1cccc(CN2CCC(N(C)C(=O)n3cnc(-c4cccc(NC(N)=O)c4)c3)CC2)c1. The van der Waals surface area contributed by atoms with Crippen molar-refractivity contribution in [2.24, 2.45) is 5.73 Å². The van der Waals surface area contributed by atoms with Crippen molar-refractivity contribution in [1.82, 2.24) is 19.4 Å². The van der Waals surface area contributed by atoms with Gasteiger partial charge in [-0.05, 0) is 42.7 Å². The van der Waals surface area contributed by atoms with E-state index in [2.05, 4.69) is 27.3 Å². The van der Waals surface area contributed by atoms with Gasteiger partial charge in [-0.1, -0.05) is 24.3 Å². The predicted molar refractivity (Wildman–Crippen MR) is 131 cm³/mol. The van der Waals surface area contributed by atoms with Crippen molar-refractivity contribution < 1.29 is 14.3 Å². The Morgan fingerprint density at radius 1 is 1.18 bits per heavy atom. The number of piperidine rings is 1. The number of benzene rings is 2. The van der Waals surface area contributed by atoms with E-state index in [4.69, 9.17) is 10.5 Å². The molecule has 4 rings (SSSR count). The zero-order valence-corrected chi connectivity index (χ0v) is 19.5. The average Bonchev–Trinajstić information content (AvgIpc) is 3.34. The highest BCUT2D eigenvalue weighted by molar-refractivity contribution is 5.88. The summed E-state index contributed by atoms with van der Waals surface area (Å²) in [6.45, 7) is 2.72. The molecule has 0 spiro atoms. The summed E-state index contributed by atoms with van der Waals surface area (Å²) in [4.78, 5) is 32.8. The van der Waals surface area contributed by atoms with Crippen LogP contribution in [0.15, 0.2) is 61.1 Å². The van der Waals surface area contributed by atoms with Gasteiger partial charge in [-0.3, -0.25) is 9.47 Å². The largest absolute Gasteiger partial charge is 0.497 e. The molecule has 3 aromatic rings. The van der Waals surface area contributed by atoms with Crippen LogP contribution in [0.2, 0.25) is 0 Å². The highest BCUT2D eigenvalue weighted by Gasteiger charge is 2.26. The van der Waals surface area contributed by atoms with Crippen LogP contribution in [0.5, 0.6) is 5.75 Å². The van der Waals surface area contributed by atoms with E-state index in [-0.39, 0.29) is 12.1 Å². The number of carbonyl (C=O) groups is 2. The summed E-state index contributed by atoms with van der Waals surface area (Å²) < 4.78 is 6.83. The number of methoxy groups -OCH3 is 1. The molecule has 0 saturated carbocycles. The number of rotatable bonds is 6. The van der Waals surface area contributed by atoms with E-state index in [0.29, 0.717) is 11.4 Å². The van der Waals surface area contributed by atoms with Crippen molar-refractivity contribution in [1.29, 1.82) is 0 Å². The topological polar surface area (TPSA) is 106 Å². The number of imidazole rings is 1. The average molecular weight is 463 g/mol. The summed E-state index contributed by atoms with van der Waals surface area (Å²) >= 11 is 0. The van der Waals surface area contributed by atoms with Gasteiger partial charge in [-0.2, -0.15) is 0 Å². The van der Waals surface area contributed by atoms with E-state index in [0.717, 1.165) is 43.8 Å². The standard InChI is InChI=1S/C25H30N6O3/c1-29(21-9-11-30(12-10-21)15-18-5-3-8-22(13-18)34-2)25(33)31-16-23(27-17-31)19-6-4-7-20(14-19)28-24(26)32/h3-8,13-14,16-17,21H,9-12,15H2,1-2H3,(H3,26,28,32). The number of amides is 3. The van der Waals surface area contributed by atoms with Gasteiger partial charge in [0, 0.05) is 50.2 Å². The Hall–Kier alpha value is -3.85. The van der Waals surface area contributed by atoms with Crippen molar-refractivity contribution in [3.05, 3.63) is 66.6 Å². The number of ether oxygens (including phenoxy) is 1. The highest BCUT2D eigenvalue weighted by atomic mass is 16.5. The van der Waals surface area contributed by atoms with Gasteiger partial charge < -0.3 is 20.7 Å². The minimum absolute atomic E-state index is 0.114. The van der Waals surface area contributed by atoms with Gasteiger partial charge in [0.15, 0.2) is 0 Å². The van der Waals surface area contributed by atoms with Crippen LogP contribution in [0.3, 0.4) is 0 Å². The van der Waals surface area contributed by atoms with Crippen LogP contribution >= 0.6 is 0 Å². The number of likely N-dealkylation sites (tertiary alicyclic amines) is 1. The molecule has 0 aliphatic carbocycles. The fourth-order valence-electron chi connectivity index (χ4n) is 4.31. The first-order valence-electron chi connectivity index (χ1n) is 11.3. The predicted octanol–water partition coefficient (Wildman–Crippen LogP) is 3.61. The molecule has 0 bridgehead atoms. The van der Waals surface area contributed by atoms with E-state index in [9.17, 15) is 9.59 Å². The van der Waals surface area contributed by atoms with Crippen LogP contribution in [-0.4, -0.2) is 64.7 Å². The van der Waals surface area contributed by atoms with Gasteiger partial charge in [0.05, 0.1) is 12.8 Å². The van der Waals surface area contributed by atoms with Crippen molar-refractivity contribution in [3.8, 4) is 17.0 Å². The number of carbonyl (C=O) groups excluding carboxylic acids is 2. The van der Waals surface area contributed by atoms with E-state index in [1.165, 1.54) is 16.5 Å². The third-order valence-electron chi connectivity index (χ3n) is 6.18. The van der Waals surface area contributed by atoms with Crippen molar-refractivity contribution in [3.63, 3.8) is 0 Å². The summed E-state index contributed by atoms with van der Waals surface area (Å²) in [6, 6.07) is 14.7. The number of primary amides is 1. The molecular weight excluding hydrogens is 432 g/mol. The zero-order chi connectivity index (χ0) is 24.1. The Morgan fingerprint density at radius 3 is 2.68 bits per heavy atom. The lowest BCUT2D eigenvalue weighted by Gasteiger charge is -2.36. The second kappa shape index (κ2) is 10.4. The molecule has 0 atom stereocenters. The number of hydrogen-bond acceptors (Lipinski definition) is 5. The van der Waals surface area contributed by atoms with Crippen LogP contribution in [0.4, 0.5) is 15.3 Å². The Bertz CT molecular complexity index is 1150. The number of nitrogens with two attached hydrogens (primary N) is 1. The first kappa shape index (κ1) is 23.3. The molecule has 1 aromatic heterocycles. The molecule has 34 heavy (non-hydrogen) atoms. The second-order valence-electron chi connectivity index (χ2n) is 8.49. The molecule has 1 saturated heterocycles. The summed E-state index contributed by atoms with van der Waals surface area (Å²) in [5.41, 5.74) is 8.42. The third-order valence-corrected chi connectivity index (χ3v) is 6.18. The van der Waals surface area contributed by atoms with Crippen LogP contribution < -0.4 is 15.8 Å². The number of aromatic nitrogens is 2. The molecule has 9 nitrogen and oxygen atoms in total. The number of urea groups is 1.